The third-order valence-corrected chi connectivity index (χ3v) is 8.11. The number of hydrogen-bond acceptors (Lipinski definition) is 9. The number of fused-ring (bicyclic) bond motifs is 1. The number of nitrogens with zero attached hydrogens (tertiary/aromatic N) is 4. The summed E-state index contributed by atoms with van der Waals surface area (Å²) in [5.41, 5.74) is 8.90. The summed E-state index contributed by atoms with van der Waals surface area (Å²) in [5, 5.41) is 5.50. The number of benzene rings is 2. The minimum absolute atomic E-state index is 0.0761. The Morgan fingerprint density at radius 1 is 0.930 bits per heavy atom. The van der Waals surface area contributed by atoms with E-state index in [0.717, 1.165) is 49.0 Å². The smallest absolute Gasteiger partial charge is 0.264 e. The SMILES string of the molecule is NC(=O)c1ccc(N2CCN(Cc3ccc(CNc4cccc5c4C(=O)N([C@H]4CCC(=O)NC4=O)C5=O)cc3)CC2)nc1. The molecule has 0 bridgehead atoms. The third-order valence-electron chi connectivity index (χ3n) is 8.11. The summed E-state index contributed by atoms with van der Waals surface area (Å²) >= 11 is 0. The lowest BCUT2D eigenvalue weighted by Crippen LogP contribution is -2.54. The summed E-state index contributed by atoms with van der Waals surface area (Å²) in [7, 11) is 0. The Bertz CT molecular complexity index is 1600. The maximum absolute atomic E-state index is 13.3. The quantitative estimate of drug-likeness (QED) is 0.335. The molecule has 0 radical (unpaired) electrons. The fourth-order valence-corrected chi connectivity index (χ4v) is 5.73. The fourth-order valence-electron chi connectivity index (χ4n) is 5.73. The van der Waals surface area contributed by atoms with Gasteiger partial charge in [0.05, 0.1) is 16.7 Å². The molecule has 43 heavy (non-hydrogen) atoms. The molecule has 3 aliphatic rings. The number of nitrogens with one attached hydrogen (secondary N) is 2. The number of imide groups is 2. The first-order valence-corrected chi connectivity index (χ1v) is 14.2. The molecule has 6 rings (SSSR count). The second-order valence-corrected chi connectivity index (χ2v) is 10.9. The zero-order valence-corrected chi connectivity index (χ0v) is 23.4. The van der Waals surface area contributed by atoms with Gasteiger partial charge in [0.1, 0.15) is 11.9 Å². The molecule has 0 saturated carbocycles. The molecule has 1 atom stereocenters. The minimum Gasteiger partial charge on any atom is -0.380 e. The van der Waals surface area contributed by atoms with E-state index in [0.29, 0.717) is 17.8 Å². The molecule has 12 nitrogen and oxygen atoms in total. The lowest BCUT2D eigenvalue weighted by atomic mass is 10.0. The van der Waals surface area contributed by atoms with Crippen LogP contribution >= 0.6 is 0 Å². The zero-order valence-electron chi connectivity index (χ0n) is 23.4. The molecule has 3 aromatic rings. The van der Waals surface area contributed by atoms with Gasteiger partial charge in [0.2, 0.25) is 17.7 Å². The van der Waals surface area contributed by atoms with E-state index in [-0.39, 0.29) is 24.0 Å². The molecular weight excluding hydrogens is 550 g/mol. The lowest BCUT2D eigenvalue weighted by Gasteiger charge is -2.35. The summed E-state index contributed by atoms with van der Waals surface area (Å²) in [6, 6.07) is 15.8. The van der Waals surface area contributed by atoms with Crippen molar-refractivity contribution in [2.45, 2.75) is 32.0 Å². The first-order chi connectivity index (χ1) is 20.8. The lowest BCUT2D eigenvalue weighted by molar-refractivity contribution is -0.136. The maximum Gasteiger partial charge on any atom is 0.264 e. The number of nitrogens with two attached hydrogens (primary N) is 1. The van der Waals surface area contributed by atoms with Gasteiger partial charge < -0.3 is 16.0 Å². The molecule has 2 fully saturated rings. The molecule has 2 aromatic carbocycles. The topological polar surface area (TPSA) is 158 Å². The number of piperazine rings is 1. The van der Waals surface area contributed by atoms with E-state index < -0.39 is 35.6 Å². The van der Waals surface area contributed by atoms with Gasteiger partial charge in [-0.05, 0) is 41.8 Å². The highest BCUT2D eigenvalue weighted by atomic mass is 16.2. The Balaban J connectivity index is 1.04. The van der Waals surface area contributed by atoms with Crippen LogP contribution < -0.4 is 21.3 Å². The number of pyridine rings is 1. The second kappa shape index (κ2) is 11.6. The Kier molecular flexibility index (Phi) is 7.59. The summed E-state index contributed by atoms with van der Waals surface area (Å²) in [5.74, 6) is -1.75. The molecule has 0 spiro atoms. The number of rotatable bonds is 8. The normalized spacial score (nSPS) is 18.9. The average molecular weight is 582 g/mol. The molecule has 12 heteroatoms. The van der Waals surface area contributed by atoms with Gasteiger partial charge in [-0.1, -0.05) is 30.3 Å². The molecule has 0 aliphatic carbocycles. The maximum atomic E-state index is 13.3. The van der Waals surface area contributed by atoms with Crippen LogP contribution in [0.2, 0.25) is 0 Å². The molecule has 4 N–H and O–H groups in total. The molecule has 0 unspecified atom stereocenters. The first-order valence-electron chi connectivity index (χ1n) is 14.2. The van der Waals surface area contributed by atoms with Gasteiger partial charge in [-0.2, -0.15) is 0 Å². The van der Waals surface area contributed by atoms with E-state index in [1.165, 1.54) is 11.8 Å². The standard InChI is InChI=1S/C31H31N7O5/c32-28(40)21-8-10-25(34-17-21)37-14-12-36(13-15-37)18-20-6-4-19(5-7-20)16-33-23-3-1-2-22-27(23)31(43)38(30(22)42)24-9-11-26(39)35-29(24)41/h1-8,10,17,24,33H,9,11-16,18H2,(H2,32,40)(H,35,39,41)/t24-/m0/s1. The van der Waals surface area contributed by atoms with E-state index in [2.05, 4.69) is 37.6 Å². The van der Waals surface area contributed by atoms with Crippen molar-refractivity contribution >= 4 is 41.0 Å². The van der Waals surface area contributed by atoms with E-state index in [4.69, 9.17) is 5.73 Å². The molecule has 1 aromatic heterocycles. The van der Waals surface area contributed by atoms with E-state index in [1.807, 2.05) is 18.2 Å². The van der Waals surface area contributed by atoms with Gasteiger partial charge in [0.15, 0.2) is 0 Å². The van der Waals surface area contributed by atoms with Crippen molar-refractivity contribution in [2.75, 3.05) is 36.4 Å². The van der Waals surface area contributed by atoms with Crippen LogP contribution in [0.15, 0.2) is 60.8 Å². The van der Waals surface area contributed by atoms with Crippen molar-refractivity contribution in [2.24, 2.45) is 5.73 Å². The van der Waals surface area contributed by atoms with Gasteiger partial charge in [-0.25, -0.2) is 4.98 Å². The number of hydrogen-bond donors (Lipinski definition) is 3. The molecular formula is C31H31N7O5. The van der Waals surface area contributed by atoms with Gasteiger partial charge in [-0.15, -0.1) is 0 Å². The molecule has 220 valence electrons. The first kappa shape index (κ1) is 28.0. The van der Waals surface area contributed by atoms with Gasteiger partial charge in [0, 0.05) is 57.6 Å². The fraction of sp³-hybridized carbons (Fsp3) is 0.290. The molecule has 4 heterocycles. The van der Waals surface area contributed by atoms with Crippen LogP contribution in [0.5, 0.6) is 0 Å². The van der Waals surface area contributed by atoms with Crippen LogP contribution in [0.3, 0.4) is 0 Å². The highest BCUT2D eigenvalue weighted by Gasteiger charge is 2.45. The largest absolute Gasteiger partial charge is 0.380 e. The second-order valence-electron chi connectivity index (χ2n) is 10.9. The third kappa shape index (κ3) is 5.69. The predicted molar refractivity (Wildman–Crippen MR) is 157 cm³/mol. The van der Waals surface area contributed by atoms with Crippen LogP contribution in [-0.4, -0.2) is 76.5 Å². The Morgan fingerprint density at radius 3 is 2.35 bits per heavy atom. The van der Waals surface area contributed by atoms with Crippen LogP contribution in [0.25, 0.3) is 0 Å². The van der Waals surface area contributed by atoms with Crippen molar-refractivity contribution in [1.82, 2.24) is 20.1 Å². The van der Waals surface area contributed by atoms with Crippen molar-refractivity contribution in [3.63, 3.8) is 0 Å². The van der Waals surface area contributed by atoms with E-state index in [9.17, 15) is 24.0 Å². The molecule has 5 amide bonds. The Hall–Kier alpha value is -5.10. The van der Waals surface area contributed by atoms with Gasteiger partial charge in [0.25, 0.3) is 11.8 Å². The van der Waals surface area contributed by atoms with Gasteiger partial charge >= 0.3 is 0 Å². The number of piperidine rings is 1. The molecule has 2 saturated heterocycles. The number of carbonyl (C=O) groups excluding carboxylic acids is 5. The number of aromatic nitrogens is 1. The highest BCUT2D eigenvalue weighted by molar-refractivity contribution is 6.25. The van der Waals surface area contributed by atoms with E-state index >= 15 is 0 Å². The zero-order chi connectivity index (χ0) is 30.1. The minimum atomic E-state index is -1.00. The predicted octanol–water partition coefficient (Wildman–Crippen LogP) is 1.52. The summed E-state index contributed by atoms with van der Waals surface area (Å²) in [6.07, 6.45) is 1.70. The van der Waals surface area contributed by atoms with Crippen molar-refractivity contribution < 1.29 is 24.0 Å². The van der Waals surface area contributed by atoms with E-state index in [1.54, 1.807) is 24.3 Å². The van der Waals surface area contributed by atoms with Crippen molar-refractivity contribution in [3.8, 4) is 0 Å². The monoisotopic (exact) mass is 581 g/mol. The Labute approximate surface area is 247 Å². The van der Waals surface area contributed by atoms with Crippen molar-refractivity contribution in [1.29, 1.82) is 0 Å². The number of primary amides is 1. The molecule has 3 aliphatic heterocycles. The van der Waals surface area contributed by atoms with Crippen LogP contribution in [0.1, 0.15) is 55.0 Å². The number of amides is 5. The number of anilines is 2. The number of carbonyl (C=O) groups is 5. The summed E-state index contributed by atoms with van der Waals surface area (Å²) < 4.78 is 0. The average Bonchev–Trinajstić information content (AvgIpc) is 3.27. The van der Waals surface area contributed by atoms with Crippen LogP contribution in [0.4, 0.5) is 11.5 Å². The van der Waals surface area contributed by atoms with Crippen LogP contribution in [0, 0.1) is 0 Å². The highest BCUT2D eigenvalue weighted by Crippen LogP contribution is 2.32. The summed E-state index contributed by atoms with van der Waals surface area (Å²) in [6.45, 7) is 4.67. The van der Waals surface area contributed by atoms with Gasteiger partial charge in [-0.3, -0.25) is 39.1 Å². The van der Waals surface area contributed by atoms with Crippen LogP contribution in [-0.2, 0) is 22.7 Å². The van der Waals surface area contributed by atoms with Crippen molar-refractivity contribution in [3.05, 3.63) is 88.6 Å². The summed E-state index contributed by atoms with van der Waals surface area (Å²) in [4.78, 5) is 71.5. The Morgan fingerprint density at radius 2 is 1.67 bits per heavy atom.